The molecule has 0 aliphatic carbocycles. The SMILES string of the molecule is CC(C(=O)O)c1oc(-n2ccnc2)nc1-c1ccc(Cl)cc1. The second-order valence-corrected chi connectivity index (χ2v) is 5.18. The van der Waals surface area contributed by atoms with Crippen molar-refractivity contribution in [3.63, 3.8) is 0 Å². The molecule has 7 heteroatoms. The molecule has 3 rings (SSSR count). The summed E-state index contributed by atoms with van der Waals surface area (Å²) in [5.74, 6) is -1.52. The summed E-state index contributed by atoms with van der Waals surface area (Å²) in [6, 6.07) is 7.26. The van der Waals surface area contributed by atoms with Crippen molar-refractivity contribution in [1.29, 1.82) is 0 Å². The Hall–Kier alpha value is -2.60. The maximum Gasteiger partial charge on any atom is 0.314 e. The van der Waals surface area contributed by atoms with Gasteiger partial charge in [0.05, 0.1) is 0 Å². The summed E-state index contributed by atoms with van der Waals surface area (Å²) in [5.41, 5.74) is 1.22. The van der Waals surface area contributed by atoms with Crippen molar-refractivity contribution in [3.8, 4) is 17.3 Å². The fourth-order valence-corrected chi connectivity index (χ4v) is 2.15. The number of rotatable bonds is 4. The van der Waals surface area contributed by atoms with Crippen molar-refractivity contribution in [2.45, 2.75) is 12.8 Å². The highest BCUT2D eigenvalue weighted by Crippen LogP contribution is 2.31. The van der Waals surface area contributed by atoms with E-state index in [1.54, 1.807) is 48.1 Å². The first-order chi connectivity index (χ1) is 10.6. The monoisotopic (exact) mass is 317 g/mol. The van der Waals surface area contributed by atoms with Crippen LogP contribution in [0.5, 0.6) is 0 Å². The predicted molar refractivity (Wildman–Crippen MR) is 80.1 cm³/mol. The van der Waals surface area contributed by atoms with Gasteiger partial charge in [-0.25, -0.2) is 4.98 Å². The van der Waals surface area contributed by atoms with Gasteiger partial charge < -0.3 is 9.52 Å². The molecule has 0 saturated heterocycles. The number of imidazole rings is 1. The van der Waals surface area contributed by atoms with Crippen LogP contribution >= 0.6 is 11.6 Å². The third kappa shape index (κ3) is 2.60. The van der Waals surface area contributed by atoms with E-state index >= 15 is 0 Å². The molecule has 0 amide bonds. The lowest BCUT2D eigenvalue weighted by atomic mass is 10.0. The Labute approximate surface area is 131 Å². The quantitative estimate of drug-likeness (QED) is 0.798. The van der Waals surface area contributed by atoms with Gasteiger partial charge in [0.1, 0.15) is 23.7 Å². The molecular formula is C15H12ClN3O3. The van der Waals surface area contributed by atoms with Crippen molar-refractivity contribution in [2.75, 3.05) is 0 Å². The van der Waals surface area contributed by atoms with Gasteiger partial charge in [-0.15, -0.1) is 0 Å². The average molecular weight is 318 g/mol. The first kappa shape index (κ1) is 14.3. The van der Waals surface area contributed by atoms with E-state index in [0.717, 1.165) is 5.56 Å². The van der Waals surface area contributed by atoms with Crippen LogP contribution in [0.15, 0.2) is 47.4 Å². The Morgan fingerprint density at radius 2 is 2.09 bits per heavy atom. The van der Waals surface area contributed by atoms with Gasteiger partial charge in [0.15, 0.2) is 0 Å². The van der Waals surface area contributed by atoms with Crippen LogP contribution in [-0.4, -0.2) is 25.6 Å². The molecule has 112 valence electrons. The zero-order valence-electron chi connectivity index (χ0n) is 11.6. The molecule has 0 bridgehead atoms. The van der Waals surface area contributed by atoms with Crippen LogP contribution in [0.4, 0.5) is 0 Å². The van der Waals surface area contributed by atoms with Crippen molar-refractivity contribution >= 4 is 17.6 Å². The number of hydrogen-bond donors (Lipinski definition) is 1. The summed E-state index contributed by atoms with van der Waals surface area (Å²) < 4.78 is 7.25. The fourth-order valence-electron chi connectivity index (χ4n) is 2.02. The number of carboxylic acid groups (broad SMARTS) is 1. The van der Waals surface area contributed by atoms with Gasteiger partial charge in [0.2, 0.25) is 0 Å². The number of nitrogens with zero attached hydrogens (tertiary/aromatic N) is 3. The fraction of sp³-hybridized carbons (Fsp3) is 0.133. The van der Waals surface area contributed by atoms with E-state index in [1.165, 1.54) is 6.33 Å². The predicted octanol–water partition coefficient (Wildman–Crippen LogP) is 3.37. The Kier molecular flexibility index (Phi) is 3.68. The van der Waals surface area contributed by atoms with Crippen molar-refractivity contribution < 1.29 is 14.3 Å². The van der Waals surface area contributed by atoms with Crippen molar-refractivity contribution in [2.24, 2.45) is 0 Å². The van der Waals surface area contributed by atoms with Crippen LogP contribution < -0.4 is 0 Å². The van der Waals surface area contributed by atoms with Gasteiger partial charge in [-0.3, -0.25) is 9.36 Å². The molecule has 0 aliphatic heterocycles. The minimum Gasteiger partial charge on any atom is -0.481 e. The number of aliphatic carboxylic acids is 1. The Balaban J connectivity index is 2.14. The molecule has 0 radical (unpaired) electrons. The van der Waals surface area contributed by atoms with E-state index in [9.17, 15) is 9.90 Å². The zero-order valence-corrected chi connectivity index (χ0v) is 12.4. The minimum absolute atomic E-state index is 0.269. The number of oxazole rings is 1. The molecular weight excluding hydrogens is 306 g/mol. The summed E-state index contributed by atoms with van der Waals surface area (Å²) in [6.45, 7) is 1.56. The van der Waals surface area contributed by atoms with Gasteiger partial charge >= 0.3 is 12.0 Å². The van der Waals surface area contributed by atoms with E-state index in [4.69, 9.17) is 16.0 Å². The second-order valence-electron chi connectivity index (χ2n) is 4.75. The molecule has 0 saturated carbocycles. The standard InChI is InChI=1S/C15H12ClN3O3/c1-9(14(20)21)13-12(10-2-4-11(16)5-3-10)18-15(22-13)19-7-6-17-8-19/h2-9H,1H3,(H,20,21). The minimum atomic E-state index is -0.983. The Morgan fingerprint density at radius 3 is 2.68 bits per heavy atom. The maximum atomic E-state index is 11.3. The number of benzene rings is 1. The van der Waals surface area contributed by atoms with Crippen molar-refractivity contribution in [3.05, 3.63) is 53.8 Å². The molecule has 3 aromatic rings. The van der Waals surface area contributed by atoms with Gasteiger partial charge in [0.25, 0.3) is 0 Å². The molecule has 6 nitrogen and oxygen atoms in total. The highest BCUT2D eigenvalue weighted by Gasteiger charge is 2.25. The van der Waals surface area contributed by atoms with Crippen LogP contribution in [0.3, 0.4) is 0 Å². The normalized spacial score (nSPS) is 12.3. The summed E-state index contributed by atoms with van der Waals surface area (Å²) in [4.78, 5) is 19.6. The van der Waals surface area contributed by atoms with E-state index in [2.05, 4.69) is 9.97 Å². The molecule has 1 aromatic carbocycles. The molecule has 0 fully saturated rings. The maximum absolute atomic E-state index is 11.3. The number of hydrogen-bond acceptors (Lipinski definition) is 4. The number of halogens is 1. The number of carbonyl (C=O) groups is 1. The molecule has 2 aromatic heterocycles. The van der Waals surface area contributed by atoms with Gasteiger partial charge in [-0.1, -0.05) is 23.7 Å². The topological polar surface area (TPSA) is 81.1 Å². The van der Waals surface area contributed by atoms with E-state index < -0.39 is 11.9 Å². The van der Waals surface area contributed by atoms with Crippen LogP contribution in [0.25, 0.3) is 17.3 Å². The van der Waals surface area contributed by atoms with Gasteiger partial charge in [-0.2, -0.15) is 4.98 Å². The lowest BCUT2D eigenvalue weighted by Crippen LogP contribution is -2.07. The molecule has 0 aliphatic rings. The summed E-state index contributed by atoms with van der Waals surface area (Å²) >= 11 is 5.89. The molecule has 22 heavy (non-hydrogen) atoms. The lowest BCUT2D eigenvalue weighted by molar-refractivity contribution is -0.138. The highest BCUT2D eigenvalue weighted by molar-refractivity contribution is 6.30. The first-order valence-electron chi connectivity index (χ1n) is 6.54. The summed E-state index contributed by atoms with van der Waals surface area (Å²) in [5, 5.41) is 9.86. The van der Waals surface area contributed by atoms with Gasteiger partial charge in [-0.05, 0) is 19.1 Å². The van der Waals surface area contributed by atoms with Crippen LogP contribution in [0.1, 0.15) is 18.6 Å². The van der Waals surface area contributed by atoms with Crippen LogP contribution in [0.2, 0.25) is 5.02 Å². The Bertz CT molecular complexity index is 794. The molecule has 1 unspecified atom stereocenters. The number of carboxylic acids is 1. The van der Waals surface area contributed by atoms with E-state index in [0.29, 0.717) is 16.5 Å². The third-order valence-corrected chi connectivity index (χ3v) is 3.50. The van der Waals surface area contributed by atoms with E-state index in [-0.39, 0.29) is 6.01 Å². The zero-order chi connectivity index (χ0) is 15.7. The van der Waals surface area contributed by atoms with Crippen LogP contribution in [0, 0.1) is 0 Å². The Morgan fingerprint density at radius 1 is 1.36 bits per heavy atom. The number of aromatic nitrogens is 3. The molecule has 2 heterocycles. The third-order valence-electron chi connectivity index (χ3n) is 3.25. The molecule has 1 N–H and O–H groups in total. The second kappa shape index (κ2) is 5.65. The highest BCUT2D eigenvalue weighted by atomic mass is 35.5. The smallest absolute Gasteiger partial charge is 0.314 e. The van der Waals surface area contributed by atoms with Crippen LogP contribution in [-0.2, 0) is 4.79 Å². The summed E-state index contributed by atoms with van der Waals surface area (Å²) in [7, 11) is 0. The lowest BCUT2D eigenvalue weighted by Gasteiger charge is -2.05. The van der Waals surface area contributed by atoms with Gasteiger partial charge in [0, 0.05) is 23.0 Å². The molecule has 1 atom stereocenters. The van der Waals surface area contributed by atoms with E-state index in [1.807, 2.05) is 0 Å². The van der Waals surface area contributed by atoms with Crippen molar-refractivity contribution in [1.82, 2.24) is 14.5 Å². The largest absolute Gasteiger partial charge is 0.481 e. The molecule has 0 spiro atoms. The summed E-state index contributed by atoms with van der Waals surface area (Å²) in [6.07, 6.45) is 4.80. The average Bonchev–Trinajstić information content (AvgIpc) is 3.16. The first-order valence-corrected chi connectivity index (χ1v) is 6.92.